The Labute approximate surface area is 319 Å². The summed E-state index contributed by atoms with van der Waals surface area (Å²) in [5.74, 6) is -1.41. The molecule has 0 bridgehead atoms. The van der Waals surface area contributed by atoms with Crippen molar-refractivity contribution in [1.29, 1.82) is 0 Å². The number of halogens is 2. The zero-order valence-corrected chi connectivity index (χ0v) is 31.5. The average molecular weight is 751 g/mol. The lowest BCUT2D eigenvalue weighted by atomic mass is 10.1. The van der Waals surface area contributed by atoms with Gasteiger partial charge in [-0.3, -0.25) is 14.6 Å². The van der Waals surface area contributed by atoms with Crippen LogP contribution in [-0.2, 0) is 13.1 Å². The Morgan fingerprint density at radius 2 is 1.16 bits per heavy atom. The van der Waals surface area contributed by atoms with E-state index in [2.05, 4.69) is 62.7 Å². The van der Waals surface area contributed by atoms with E-state index in [1.807, 2.05) is 47.5 Å². The summed E-state index contributed by atoms with van der Waals surface area (Å²) in [5.41, 5.74) is 6.07. The smallest absolute Gasteiger partial charge is 0.354 e. The summed E-state index contributed by atoms with van der Waals surface area (Å²) < 4.78 is 25.9. The highest BCUT2D eigenvalue weighted by Crippen LogP contribution is 2.21. The highest BCUT2D eigenvalue weighted by molar-refractivity contribution is 5.94. The minimum atomic E-state index is -1.00. The second-order valence-corrected chi connectivity index (χ2v) is 14.4. The predicted octanol–water partition coefficient (Wildman–Crippen LogP) is 6.71. The van der Waals surface area contributed by atoms with Crippen molar-refractivity contribution in [2.75, 3.05) is 26.2 Å². The molecule has 288 valence electrons. The first-order valence-corrected chi connectivity index (χ1v) is 18.6. The summed E-state index contributed by atoms with van der Waals surface area (Å²) in [5, 5.41) is 12.1. The lowest BCUT2D eigenvalue weighted by molar-refractivity contribution is 0.0286. The summed E-state index contributed by atoms with van der Waals surface area (Å²) >= 11 is 0. The molecule has 0 unspecified atom stereocenters. The van der Waals surface area contributed by atoms with Gasteiger partial charge in [-0.25, -0.2) is 23.5 Å². The molecule has 1 amide bonds. The number of pyridine rings is 2. The third-order valence-corrected chi connectivity index (χ3v) is 10.1. The number of benzene rings is 2. The molecule has 0 spiro atoms. The van der Waals surface area contributed by atoms with Crippen LogP contribution in [0.1, 0.15) is 59.8 Å². The number of aromatic nitrogens is 4. The molecule has 55 heavy (non-hydrogen) atoms. The van der Waals surface area contributed by atoms with Crippen LogP contribution in [0.3, 0.4) is 0 Å². The van der Waals surface area contributed by atoms with Crippen LogP contribution in [0, 0.1) is 11.6 Å². The fraction of sp³-hybridized carbons (Fsp3) is 0.333. The number of piperazine rings is 2. The van der Waals surface area contributed by atoms with Crippen LogP contribution in [0.2, 0.25) is 0 Å². The van der Waals surface area contributed by atoms with Gasteiger partial charge in [0.25, 0.3) is 5.91 Å². The van der Waals surface area contributed by atoms with Gasteiger partial charge < -0.3 is 25.3 Å². The molecule has 4 N–H and O–H groups in total. The zero-order valence-electron chi connectivity index (χ0n) is 31.5. The fourth-order valence-electron chi connectivity index (χ4n) is 6.92. The Kier molecular flexibility index (Phi) is 12.7. The number of rotatable bonds is 6. The maximum absolute atomic E-state index is 13.1. The number of carboxylic acid groups (broad SMARTS) is 1. The second-order valence-electron chi connectivity index (χ2n) is 14.4. The number of nitrogens with zero attached hydrogens (tertiary/aromatic N) is 5. The van der Waals surface area contributed by atoms with Crippen molar-refractivity contribution >= 4 is 33.9 Å². The van der Waals surface area contributed by atoms with Gasteiger partial charge in [0.1, 0.15) is 23.0 Å². The van der Waals surface area contributed by atoms with E-state index in [1.165, 1.54) is 35.9 Å². The van der Waals surface area contributed by atoms with Crippen LogP contribution in [0.5, 0.6) is 0 Å². The van der Waals surface area contributed by atoms with Crippen LogP contribution in [0.25, 0.3) is 22.1 Å². The quantitative estimate of drug-likeness (QED) is 0.148. The number of hydrogen-bond acceptors (Lipinski definition) is 7. The van der Waals surface area contributed by atoms with Gasteiger partial charge in [-0.2, -0.15) is 0 Å². The Balaban J connectivity index is 0.000000155. The number of aromatic amines is 2. The number of nitrogens with one attached hydrogen (secondary N) is 3. The van der Waals surface area contributed by atoms with Gasteiger partial charge in [0.2, 0.25) is 0 Å². The third kappa shape index (κ3) is 10.2. The summed E-state index contributed by atoms with van der Waals surface area (Å²) in [6, 6.07) is 25.3. The maximum Gasteiger partial charge on any atom is 0.354 e. The number of carbonyl (C=O) groups excluding carboxylic acids is 1. The van der Waals surface area contributed by atoms with Crippen LogP contribution in [0.4, 0.5) is 8.78 Å². The number of aromatic carboxylic acids is 1. The van der Waals surface area contributed by atoms with Crippen molar-refractivity contribution in [2.24, 2.45) is 0 Å². The Hall–Kier alpha value is -5.50. The molecule has 6 aromatic rings. The number of carbonyl (C=O) groups is 2. The van der Waals surface area contributed by atoms with Crippen LogP contribution in [-0.4, -0.2) is 102 Å². The van der Waals surface area contributed by atoms with Gasteiger partial charge in [-0.1, -0.05) is 24.3 Å². The van der Waals surface area contributed by atoms with E-state index in [9.17, 15) is 18.4 Å². The van der Waals surface area contributed by atoms with E-state index < -0.39 is 5.97 Å². The van der Waals surface area contributed by atoms with E-state index in [1.54, 1.807) is 24.4 Å². The summed E-state index contributed by atoms with van der Waals surface area (Å²) in [6.07, 6.45) is 3.55. The van der Waals surface area contributed by atoms with Gasteiger partial charge in [0, 0.05) is 75.8 Å². The fourth-order valence-corrected chi connectivity index (χ4v) is 6.92. The van der Waals surface area contributed by atoms with Crippen molar-refractivity contribution in [3.8, 4) is 0 Å². The number of hydrogen-bond donors (Lipinski definition) is 4. The Morgan fingerprint density at radius 1 is 0.655 bits per heavy atom. The zero-order chi connectivity index (χ0) is 39.1. The van der Waals surface area contributed by atoms with Gasteiger partial charge in [-0.15, -0.1) is 0 Å². The normalized spacial score (nSPS) is 20.4. The highest BCUT2D eigenvalue weighted by atomic mass is 19.1. The van der Waals surface area contributed by atoms with Crippen molar-refractivity contribution < 1.29 is 23.5 Å². The number of amides is 1. The van der Waals surface area contributed by atoms with Gasteiger partial charge in [0.15, 0.2) is 0 Å². The minimum Gasteiger partial charge on any atom is -0.477 e. The summed E-state index contributed by atoms with van der Waals surface area (Å²) in [4.78, 5) is 44.6. The number of H-pyrrole nitrogens is 2. The van der Waals surface area contributed by atoms with Crippen molar-refractivity contribution in [1.82, 2.24) is 40.0 Å². The van der Waals surface area contributed by atoms with Crippen LogP contribution >= 0.6 is 0 Å². The van der Waals surface area contributed by atoms with Crippen LogP contribution < -0.4 is 5.32 Å². The molecule has 2 aliphatic heterocycles. The molecule has 8 rings (SSSR count). The van der Waals surface area contributed by atoms with Gasteiger partial charge in [0.05, 0.1) is 22.1 Å². The molecule has 2 aromatic carbocycles. The predicted molar refractivity (Wildman–Crippen MR) is 210 cm³/mol. The molecule has 0 radical (unpaired) electrons. The molecule has 6 heterocycles. The summed E-state index contributed by atoms with van der Waals surface area (Å²) in [7, 11) is 0. The first kappa shape index (κ1) is 39.2. The van der Waals surface area contributed by atoms with Crippen LogP contribution in [0.15, 0.2) is 97.3 Å². The largest absolute Gasteiger partial charge is 0.477 e. The van der Waals surface area contributed by atoms with Crippen molar-refractivity contribution in [2.45, 2.75) is 65.0 Å². The molecule has 13 heteroatoms. The molecule has 2 aliphatic rings. The SMILES string of the molecule is C[C@@H]1CN(Cc2ccc(F)cc2)[C@@H](C)CN1.C[C@@H]1CN(Cc2ccc(F)cc2)[C@@H](C)CN1C(=O)c1ccc2[nH]ccc2n1.O=C(O)c1ccc2[nH]ccc2n1. The molecule has 2 saturated heterocycles. The maximum atomic E-state index is 13.1. The molecule has 0 saturated carbocycles. The molecule has 2 fully saturated rings. The molecule has 11 nitrogen and oxygen atoms in total. The molecule has 4 atom stereocenters. The van der Waals surface area contributed by atoms with E-state index >= 15 is 0 Å². The lowest BCUT2D eigenvalue weighted by Gasteiger charge is -2.44. The van der Waals surface area contributed by atoms with E-state index in [-0.39, 0.29) is 35.3 Å². The standard InChI is InChI=1S/C21H23FN4O.C13H19FN2.C8H6N2O2/c1-14-12-26(21(27)20-8-7-18-19(24-20)9-10-23-18)15(2)11-25(14)13-16-3-5-17(22)6-4-16;1-10-8-16(11(2)7-15-10)9-12-3-5-13(14)6-4-12;11-8(12)7-2-1-5-6(10-7)3-4-9-5/h3-10,14-15,23H,11-13H2,1-2H3;3-6,10-11,15H,7-9H2,1-2H3;1-4,9H,(H,11,12)/t14-,15+;10-,11+;/m01./s1. The molecular formula is C42H48F2N8O3. The van der Waals surface area contributed by atoms with E-state index in [0.717, 1.165) is 54.8 Å². The van der Waals surface area contributed by atoms with Gasteiger partial charge >= 0.3 is 5.97 Å². The number of fused-ring (bicyclic) bond motifs is 2. The van der Waals surface area contributed by atoms with E-state index in [4.69, 9.17) is 5.11 Å². The van der Waals surface area contributed by atoms with Crippen molar-refractivity contribution in [3.63, 3.8) is 0 Å². The van der Waals surface area contributed by atoms with E-state index in [0.29, 0.717) is 29.8 Å². The lowest BCUT2D eigenvalue weighted by Crippen LogP contribution is -2.57. The molecule has 4 aromatic heterocycles. The minimum absolute atomic E-state index is 0.0288. The molecular weight excluding hydrogens is 703 g/mol. The second kappa shape index (κ2) is 17.8. The Bertz CT molecular complexity index is 2190. The first-order valence-electron chi connectivity index (χ1n) is 18.6. The molecule has 0 aliphatic carbocycles. The first-order chi connectivity index (χ1) is 26.4. The monoisotopic (exact) mass is 750 g/mol. The topological polar surface area (TPSA) is 133 Å². The van der Waals surface area contributed by atoms with Gasteiger partial charge in [-0.05, 0) is 99.5 Å². The summed E-state index contributed by atoms with van der Waals surface area (Å²) in [6.45, 7) is 13.8. The average Bonchev–Trinajstić information content (AvgIpc) is 3.86. The highest BCUT2D eigenvalue weighted by Gasteiger charge is 2.33. The third-order valence-electron chi connectivity index (χ3n) is 10.1. The Morgan fingerprint density at radius 3 is 1.71 bits per heavy atom. The van der Waals surface area contributed by atoms with Crippen molar-refractivity contribution in [3.05, 3.63) is 131 Å². The number of carboxylic acids is 1.